The molecule has 3 heteroatoms. The molecule has 0 saturated heterocycles. The Bertz CT molecular complexity index is 692. The summed E-state index contributed by atoms with van der Waals surface area (Å²) in [5.41, 5.74) is 5.50. The zero-order valence-electron chi connectivity index (χ0n) is 15.1. The molecule has 1 heterocycles. The number of fused-ring (bicyclic) bond motifs is 1. The molecule has 2 aromatic carbocycles. The molecule has 0 fully saturated rings. The van der Waals surface area contributed by atoms with Crippen molar-refractivity contribution in [1.29, 1.82) is 0 Å². The van der Waals surface area contributed by atoms with E-state index in [1.807, 2.05) is 0 Å². The van der Waals surface area contributed by atoms with Crippen LogP contribution in [0.15, 0.2) is 36.4 Å². The van der Waals surface area contributed by atoms with Gasteiger partial charge in [0.05, 0.1) is 14.2 Å². The maximum Gasteiger partial charge on any atom is 0.161 e. The maximum atomic E-state index is 5.45. The topological polar surface area (TPSA) is 21.7 Å². The van der Waals surface area contributed by atoms with Gasteiger partial charge in [0.15, 0.2) is 11.5 Å². The van der Waals surface area contributed by atoms with E-state index in [4.69, 9.17) is 9.47 Å². The van der Waals surface area contributed by atoms with Gasteiger partial charge in [-0.1, -0.05) is 38.1 Å². The zero-order valence-corrected chi connectivity index (χ0v) is 15.1. The summed E-state index contributed by atoms with van der Waals surface area (Å²) in [6, 6.07) is 13.3. The number of nitrogens with zero attached hydrogens (tertiary/aromatic N) is 1. The number of hydrogen-bond donors (Lipinski definition) is 0. The van der Waals surface area contributed by atoms with Crippen molar-refractivity contribution in [3.05, 3.63) is 58.7 Å². The molecule has 2 aromatic rings. The van der Waals surface area contributed by atoms with Gasteiger partial charge in [0.1, 0.15) is 0 Å². The number of methoxy groups -OCH3 is 2. The van der Waals surface area contributed by atoms with Crippen LogP contribution in [0.25, 0.3) is 0 Å². The molecule has 0 bridgehead atoms. The second-order valence-electron chi connectivity index (χ2n) is 6.83. The molecule has 0 unspecified atom stereocenters. The van der Waals surface area contributed by atoms with Crippen LogP contribution < -0.4 is 9.47 Å². The molecule has 3 nitrogen and oxygen atoms in total. The summed E-state index contributed by atoms with van der Waals surface area (Å²) in [6.45, 7) is 7.50. The number of rotatable bonds is 5. The normalized spacial score (nSPS) is 14.5. The molecule has 128 valence electrons. The van der Waals surface area contributed by atoms with Crippen molar-refractivity contribution in [3.63, 3.8) is 0 Å². The van der Waals surface area contributed by atoms with Gasteiger partial charge < -0.3 is 9.47 Å². The Morgan fingerprint density at radius 1 is 0.958 bits per heavy atom. The fraction of sp³-hybridized carbons (Fsp3) is 0.429. The summed E-state index contributed by atoms with van der Waals surface area (Å²) in [5.74, 6) is 2.23. The number of benzene rings is 2. The lowest BCUT2D eigenvalue weighted by Crippen LogP contribution is -2.30. The first-order chi connectivity index (χ1) is 11.6. The lowest BCUT2D eigenvalue weighted by atomic mass is 9.97. The van der Waals surface area contributed by atoms with Crippen LogP contribution in [0.5, 0.6) is 11.5 Å². The second kappa shape index (κ2) is 7.27. The van der Waals surface area contributed by atoms with E-state index >= 15 is 0 Å². The van der Waals surface area contributed by atoms with Gasteiger partial charge in [-0.15, -0.1) is 0 Å². The summed E-state index contributed by atoms with van der Waals surface area (Å²) in [6.07, 6.45) is 1.06. The van der Waals surface area contributed by atoms with Crippen LogP contribution >= 0.6 is 0 Å². The van der Waals surface area contributed by atoms with Crippen molar-refractivity contribution in [2.45, 2.75) is 39.3 Å². The van der Waals surface area contributed by atoms with Gasteiger partial charge in [0.2, 0.25) is 0 Å². The average molecular weight is 325 g/mol. The van der Waals surface area contributed by atoms with E-state index in [2.05, 4.69) is 55.1 Å². The lowest BCUT2D eigenvalue weighted by Gasteiger charge is -2.29. The van der Waals surface area contributed by atoms with Crippen molar-refractivity contribution in [2.24, 2.45) is 0 Å². The molecule has 0 atom stereocenters. The fourth-order valence-corrected chi connectivity index (χ4v) is 3.34. The molecule has 1 aliphatic heterocycles. The molecular formula is C21H27NO2. The van der Waals surface area contributed by atoms with E-state index in [0.29, 0.717) is 5.92 Å². The van der Waals surface area contributed by atoms with Gasteiger partial charge in [-0.05, 0) is 46.7 Å². The SMILES string of the molecule is COc1cc2c(cc1OC)CN(Cc1ccc(C(C)C)cc1)CC2. The molecule has 0 aromatic heterocycles. The standard InChI is InChI=1S/C21H27NO2/c1-15(2)17-7-5-16(6-8-17)13-22-10-9-18-11-20(23-3)21(24-4)12-19(18)14-22/h5-8,11-12,15H,9-10,13-14H2,1-4H3. The quantitative estimate of drug-likeness (QED) is 0.814. The van der Waals surface area contributed by atoms with Crippen LogP contribution in [-0.2, 0) is 19.5 Å². The monoisotopic (exact) mass is 325 g/mol. The van der Waals surface area contributed by atoms with Crippen LogP contribution in [0.1, 0.15) is 42.0 Å². The van der Waals surface area contributed by atoms with E-state index in [9.17, 15) is 0 Å². The van der Waals surface area contributed by atoms with Gasteiger partial charge in [-0.2, -0.15) is 0 Å². The molecule has 3 rings (SSSR count). The molecule has 0 saturated carbocycles. The predicted molar refractivity (Wildman–Crippen MR) is 97.9 cm³/mol. The summed E-state index contributed by atoms with van der Waals surface area (Å²) in [7, 11) is 3.39. The number of hydrogen-bond acceptors (Lipinski definition) is 3. The Labute approximate surface area is 145 Å². The third-order valence-corrected chi connectivity index (χ3v) is 4.85. The van der Waals surface area contributed by atoms with Crippen LogP contribution in [0.3, 0.4) is 0 Å². The Kier molecular flexibility index (Phi) is 5.10. The first-order valence-electron chi connectivity index (χ1n) is 8.65. The smallest absolute Gasteiger partial charge is 0.161 e. The van der Waals surface area contributed by atoms with Gasteiger partial charge >= 0.3 is 0 Å². The largest absolute Gasteiger partial charge is 0.493 e. The Balaban J connectivity index is 1.72. The van der Waals surface area contributed by atoms with Gasteiger partial charge in [-0.3, -0.25) is 4.90 Å². The van der Waals surface area contributed by atoms with E-state index in [1.165, 1.54) is 22.3 Å². The third kappa shape index (κ3) is 3.57. The van der Waals surface area contributed by atoms with Crippen molar-refractivity contribution in [1.82, 2.24) is 4.90 Å². The minimum absolute atomic E-state index is 0.586. The first-order valence-corrected chi connectivity index (χ1v) is 8.65. The minimum atomic E-state index is 0.586. The highest BCUT2D eigenvalue weighted by atomic mass is 16.5. The Morgan fingerprint density at radius 3 is 2.17 bits per heavy atom. The van der Waals surface area contributed by atoms with Gasteiger partial charge in [0.25, 0.3) is 0 Å². The first kappa shape index (κ1) is 16.8. The molecule has 1 aliphatic rings. The number of ether oxygens (including phenoxy) is 2. The van der Waals surface area contributed by atoms with Crippen LogP contribution in [0, 0.1) is 0 Å². The van der Waals surface area contributed by atoms with Crippen LogP contribution in [-0.4, -0.2) is 25.7 Å². The highest BCUT2D eigenvalue weighted by Gasteiger charge is 2.19. The molecule has 24 heavy (non-hydrogen) atoms. The Hall–Kier alpha value is -2.00. The van der Waals surface area contributed by atoms with Crippen molar-refractivity contribution < 1.29 is 9.47 Å². The molecule has 0 radical (unpaired) electrons. The maximum absolute atomic E-state index is 5.45. The molecule has 0 N–H and O–H groups in total. The fourth-order valence-electron chi connectivity index (χ4n) is 3.34. The van der Waals surface area contributed by atoms with E-state index in [-0.39, 0.29) is 0 Å². The molecule has 0 aliphatic carbocycles. The van der Waals surface area contributed by atoms with Crippen LogP contribution in [0.4, 0.5) is 0 Å². The lowest BCUT2D eigenvalue weighted by molar-refractivity contribution is 0.244. The average Bonchev–Trinajstić information content (AvgIpc) is 2.60. The molecule has 0 amide bonds. The highest BCUT2D eigenvalue weighted by molar-refractivity contribution is 5.48. The summed E-state index contributed by atoms with van der Waals surface area (Å²) in [4.78, 5) is 2.50. The van der Waals surface area contributed by atoms with Gasteiger partial charge in [-0.25, -0.2) is 0 Å². The zero-order chi connectivity index (χ0) is 17.1. The highest BCUT2D eigenvalue weighted by Crippen LogP contribution is 2.33. The molecular weight excluding hydrogens is 298 g/mol. The minimum Gasteiger partial charge on any atom is -0.493 e. The van der Waals surface area contributed by atoms with Gasteiger partial charge in [0, 0.05) is 19.6 Å². The summed E-state index contributed by atoms with van der Waals surface area (Å²) in [5, 5.41) is 0. The predicted octanol–water partition coefficient (Wildman–Crippen LogP) is 4.39. The van der Waals surface area contributed by atoms with Crippen molar-refractivity contribution in [3.8, 4) is 11.5 Å². The van der Waals surface area contributed by atoms with E-state index in [1.54, 1.807) is 14.2 Å². The van der Waals surface area contributed by atoms with Crippen LogP contribution in [0.2, 0.25) is 0 Å². The van der Waals surface area contributed by atoms with Crippen molar-refractivity contribution >= 4 is 0 Å². The third-order valence-electron chi connectivity index (χ3n) is 4.85. The summed E-state index contributed by atoms with van der Waals surface area (Å²) < 4.78 is 10.9. The molecule has 0 spiro atoms. The van der Waals surface area contributed by atoms with E-state index < -0.39 is 0 Å². The van der Waals surface area contributed by atoms with E-state index in [0.717, 1.165) is 37.6 Å². The summed E-state index contributed by atoms with van der Waals surface area (Å²) >= 11 is 0. The second-order valence-corrected chi connectivity index (χ2v) is 6.83. The van der Waals surface area contributed by atoms with Crippen molar-refractivity contribution in [2.75, 3.05) is 20.8 Å². The Morgan fingerprint density at radius 2 is 1.58 bits per heavy atom.